The van der Waals surface area contributed by atoms with Gasteiger partial charge in [0.15, 0.2) is 6.10 Å². The van der Waals surface area contributed by atoms with Crippen LogP contribution in [0, 0.1) is 21.4 Å². The fourth-order valence-corrected chi connectivity index (χ4v) is 2.05. The molecule has 0 fully saturated rings. The molecule has 0 spiro atoms. The van der Waals surface area contributed by atoms with Crippen molar-refractivity contribution in [3.63, 3.8) is 0 Å². The quantitative estimate of drug-likeness (QED) is 0.363. The fraction of sp³-hybridized carbons (Fsp3) is 0.105. The molecule has 136 valence electrons. The second-order valence-corrected chi connectivity index (χ2v) is 5.44. The Balaban J connectivity index is 1.91. The lowest BCUT2D eigenvalue weighted by Crippen LogP contribution is -2.29. The molecule has 0 aromatic heterocycles. The van der Waals surface area contributed by atoms with Gasteiger partial charge in [-0.1, -0.05) is 6.07 Å². The van der Waals surface area contributed by atoms with E-state index in [-0.39, 0.29) is 5.69 Å². The van der Waals surface area contributed by atoms with Crippen molar-refractivity contribution in [2.45, 2.75) is 13.0 Å². The van der Waals surface area contributed by atoms with Crippen molar-refractivity contribution in [2.24, 2.45) is 0 Å². The molecule has 2 aromatic rings. The van der Waals surface area contributed by atoms with Crippen molar-refractivity contribution in [3.05, 3.63) is 75.8 Å². The van der Waals surface area contributed by atoms with Crippen molar-refractivity contribution in [2.75, 3.05) is 5.32 Å². The molecule has 2 rings (SSSR count). The standard InChI is InChI=1S/C19H15N3O5/c1-13(19(24)21-16-4-2-3-15(11-16)12-20)27-18(23)10-7-14-5-8-17(9-6-14)22(25)26/h2-11,13H,1H3,(H,21,24)/b10-7+/t13-/m1/s1. The highest BCUT2D eigenvalue weighted by molar-refractivity contribution is 5.96. The maximum Gasteiger partial charge on any atom is 0.331 e. The second kappa shape index (κ2) is 8.92. The summed E-state index contributed by atoms with van der Waals surface area (Å²) in [5, 5.41) is 22.0. The minimum Gasteiger partial charge on any atom is -0.449 e. The van der Waals surface area contributed by atoms with Crippen LogP contribution < -0.4 is 5.32 Å². The normalized spacial score (nSPS) is 11.4. The Morgan fingerprint density at radius 2 is 1.96 bits per heavy atom. The number of amides is 1. The Labute approximate surface area is 154 Å². The van der Waals surface area contributed by atoms with Gasteiger partial charge in [-0.3, -0.25) is 14.9 Å². The van der Waals surface area contributed by atoms with Crippen LogP contribution in [0.3, 0.4) is 0 Å². The van der Waals surface area contributed by atoms with E-state index in [1.165, 1.54) is 43.3 Å². The summed E-state index contributed by atoms with van der Waals surface area (Å²) in [7, 11) is 0. The Bertz CT molecular complexity index is 929. The summed E-state index contributed by atoms with van der Waals surface area (Å²) in [5.74, 6) is -1.27. The number of anilines is 1. The van der Waals surface area contributed by atoms with E-state index in [1.807, 2.05) is 6.07 Å². The van der Waals surface area contributed by atoms with E-state index < -0.39 is 22.9 Å². The van der Waals surface area contributed by atoms with Gasteiger partial charge in [0.1, 0.15) is 0 Å². The summed E-state index contributed by atoms with van der Waals surface area (Å²) in [6, 6.07) is 13.9. The molecule has 27 heavy (non-hydrogen) atoms. The van der Waals surface area contributed by atoms with Gasteiger partial charge >= 0.3 is 5.97 Å². The molecular weight excluding hydrogens is 350 g/mol. The third-order valence-corrected chi connectivity index (χ3v) is 3.44. The second-order valence-electron chi connectivity index (χ2n) is 5.44. The van der Waals surface area contributed by atoms with Crippen LogP contribution in [0.15, 0.2) is 54.6 Å². The molecule has 0 saturated carbocycles. The molecule has 2 aromatic carbocycles. The average Bonchev–Trinajstić information content (AvgIpc) is 2.66. The van der Waals surface area contributed by atoms with Gasteiger partial charge in [-0.2, -0.15) is 5.26 Å². The molecule has 0 saturated heterocycles. The SMILES string of the molecule is C[C@@H](OC(=O)/C=C/c1ccc([N+](=O)[O-])cc1)C(=O)Nc1cccc(C#N)c1. The Hall–Kier alpha value is -3.99. The van der Waals surface area contributed by atoms with Crippen LogP contribution in [0.4, 0.5) is 11.4 Å². The van der Waals surface area contributed by atoms with Crippen molar-refractivity contribution in [3.8, 4) is 6.07 Å². The molecule has 0 radical (unpaired) electrons. The highest BCUT2D eigenvalue weighted by Crippen LogP contribution is 2.13. The van der Waals surface area contributed by atoms with Crippen LogP contribution >= 0.6 is 0 Å². The zero-order valence-corrected chi connectivity index (χ0v) is 14.3. The number of nitrogens with zero attached hydrogens (tertiary/aromatic N) is 2. The fourth-order valence-electron chi connectivity index (χ4n) is 2.05. The molecule has 0 aliphatic carbocycles. The molecule has 1 N–H and O–H groups in total. The molecule has 1 amide bonds. The third kappa shape index (κ3) is 5.79. The van der Waals surface area contributed by atoms with E-state index in [9.17, 15) is 19.7 Å². The van der Waals surface area contributed by atoms with E-state index in [2.05, 4.69) is 5.32 Å². The number of benzene rings is 2. The molecular formula is C19H15N3O5. The Kier molecular flexibility index (Phi) is 6.39. The van der Waals surface area contributed by atoms with E-state index in [4.69, 9.17) is 10.00 Å². The van der Waals surface area contributed by atoms with Gasteiger partial charge in [-0.15, -0.1) is 0 Å². The van der Waals surface area contributed by atoms with Crippen LogP contribution in [0.5, 0.6) is 0 Å². The highest BCUT2D eigenvalue weighted by atomic mass is 16.6. The first-order valence-corrected chi connectivity index (χ1v) is 7.83. The lowest BCUT2D eigenvalue weighted by Gasteiger charge is -2.12. The molecule has 0 unspecified atom stereocenters. The predicted octanol–water partition coefficient (Wildman–Crippen LogP) is 3.05. The zero-order valence-electron chi connectivity index (χ0n) is 14.3. The summed E-state index contributed by atoms with van der Waals surface area (Å²) >= 11 is 0. The molecule has 0 bridgehead atoms. The van der Waals surface area contributed by atoms with E-state index in [0.717, 1.165) is 6.08 Å². The van der Waals surface area contributed by atoms with E-state index >= 15 is 0 Å². The van der Waals surface area contributed by atoms with Gasteiger partial charge in [0.25, 0.3) is 11.6 Å². The first kappa shape index (κ1) is 19.3. The van der Waals surface area contributed by atoms with Gasteiger partial charge in [-0.05, 0) is 48.9 Å². The number of non-ortho nitro benzene ring substituents is 1. The van der Waals surface area contributed by atoms with Crippen molar-refractivity contribution in [1.82, 2.24) is 0 Å². The van der Waals surface area contributed by atoms with E-state index in [0.29, 0.717) is 16.8 Å². The first-order chi connectivity index (χ1) is 12.9. The molecule has 1 atom stereocenters. The Morgan fingerprint density at radius 1 is 1.26 bits per heavy atom. The molecule has 8 nitrogen and oxygen atoms in total. The summed E-state index contributed by atoms with van der Waals surface area (Å²) < 4.78 is 5.01. The van der Waals surface area contributed by atoms with Crippen LogP contribution in [0.2, 0.25) is 0 Å². The number of carbonyl (C=O) groups is 2. The predicted molar refractivity (Wildman–Crippen MR) is 97.5 cm³/mol. The zero-order chi connectivity index (χ0) is 19.8. The summed E-state index contributed by atoms with van der Waals surface area (Å²) in [6.45, 7) is 1.42. The number of nitro benzene ring substituents is 1. The number of rotatable bonds is 6. The Morgan fingerprint density at radius 3 is 2.59 bits per heavy atom. The number of nitro groups is 1. The number of hydrogen-bond acceptors (Lipinski definition) is 6. The van der Waals surface area contributed by atoms with Crippen molar-refractivity contribution >= 4 is 29.3 Å². The summed E-state index contributed by atoms with van der Waals surface area (Å²) in [6.07, 6.45) is 1.50. The maximum absolute atomic E-state index is 12.1. The molecule has 0 aliphatic heterocycles. The monoisotopic (exact) mass is 365 g/mol. The lowest BCUT2D eigenvalue weighted by molar-refractivity contribution is -0.384. The topological polar surface area (TPSA) is 122 Å². The average molecular weight is 365 g/mol. The summed E-state index contributed by atoms with van der Waals surface area (Å²) in [4.78, 5) is 34.0. The number of carbonyl (C=O) groups excluding carboxylic acids is 2. The molecule has 0 heterocycles. The van der Waals surface area contributed by atoms with Gasteiger partial charge in [0.05, 0.1) is 16.6 Å². The van der Waals surface area contributed by atoms with Crippen LogP contribution in [0.1, 0.15) is 18.1 Å². The van der Waals surface area contributed by atoms with Crippen LogP contribution in [0.25, 0.3) is 6.08 Å². The minimum absolute atomic E-state index is 0.0551. The first-order valence-electron chi connectivity index (χ1n) is 7.83. The third-order valence-electron chi connectivity index (χ3n) is 3.44. The van der Waals surface area contributed by atoms with E-state index in [1.54, 1.807) is 18.2 Å². The van der Waals surface area contributed by atoms with Crippen molar-refractivity contribution < 1.29 is 19.2 Å². The smallest absolute Gasteiger partial charge is 0.331 e. The number of esters is 1. The van der Waals surface area contributed by atoms with Gasteiger partial charge in [0.2, 0.25) is 0 Å². The van der Waals surface area contributed by atoms with Gasteiger partial charge < -0.3 is 10.1 Å². The summed E-state index contributed by atoms with van der Waals surface area (Å²) in [5.41, 5.74) is 1.33. The molecule has 0 aliphatic rings. The van der Waals surface area contributed by atoms with Crippen LogP contribution in [-0.2, 0) is 14.3 Å². The van der Waals surface area contributed by atoms with Gasteiger partial charge in [-0.25, -0.2) is 4.79 Å². The highest BCUT2D eigenvalue weighted by Gasteiger charge is 2.16. The largest absolute Gasteiger partial charge is 0.449 e. The number of nitriles is 1. The van der Waals surface area contributed by atoms with Gasteiger partial charge in [0, 0.05) is 23.9 Å². The van der Waals surface area contributed by atoms with Crippen LogP contribution in [-0.4, -0.2) is 22.9 Å². The number of nitrogens with one attached hydrogen (secondary N) is 1. The van der Waals surface area contributed by atoms with Crippen molar-refractivity contribution in [1.29, 1.82) is 5.26 Å². The minimum atomic E-state index is -1.05. The lowest BCUT2D eigenvalue weighted by atomic mass is 10.2. The number of ether oxygens (including phenoxy) is 1. The molecule has 8 heteroatoms. The number of hydrogen-bond donors (Lipinski definition) is 1. The maximum atomic E-state index is 12.1.